The second-order valence-corrected chi connectivity index (χ2v) is 9.52. The molecule has 4 aliphatic rings. The van der Waals surface area contributed by atoms with E-state index >= 15 is 0 Å². The van der Waals surface area contributed by atoms with Crippen molar-refractivity contribution in [2.45, 2.75) is 84.5 Å². The quantitative estimate of drug-likeness (QED) is 0.720. The van der Waals surface area contributed by atoms with Gasteiger partial charge >= 0.3 is 0 Å². The third kappa shape index (κ3) is 1.95. The molecule has 1 aliphatic heterocycles. The first-order chi connectivity index (χ1) is 11.3. The Balaban J connectivity index is 1.77. The minimum Gasteiger partial charge on any atom is -0.393 e. The van der Waals surface area contributed by atoms with Crippen LogP contribution in [0.15, 0.2) is 11.6 Å². The molecule has 3 nitrogen and oxygen atoms in total. The summed E-state index contributed by atoms with van der Waals surface area (Å²) in [5.41, 5.74) is 1.74. The van der Waals surface area contributed by atoms with Gasteiger partial charge in [0.25, 0.3) is 0 Å². The van der Waals surface area contributed by atoms with E-state index in [1.54, 1.807) is 5.57 Å². The van der Waals surface area contributed by atoms with Gasteiger partial charge in [-0.2, -0.15) is 0 Å². The number of fused-ring (bicyclic) bond motifs is 3. The van der Waals surface area contributed by atoms with Gasteiger partial charge in [-0.3, -0.25) is 0 Å². The predicted octanol–water partition coefficient (Wildman–Crippen LogP) is 4.44. The first-order valence-corrected chi connectivity index (χ1v) is 9.96. The zero-order valence-electron chi connectivity index (χ0n) is 15.9. The number of aliphatic hydroxyl groups excluding tert-OH is 1. The lowest BCUT2D eigenvalue weighted by molar-refractivity contribution is -0.286. The van der Waals surface area contributed by atoms with Gasteiger partial charge in [0.05, 0.1) is 19.3 Å². The van der Waals surface area contributed by atoms with Crippen molar-refractivity contribution in [3.05, 3.63) is 11.6 Å². The van der Waals surface area contributed by atoms with Crippen LogP contribution >= 0.6 is 0 Å². The van der Waals surface area contributed by atoms with Crippen molar-refractivity contribution in [3.8, 4) is 0 Å². The minimum absolute atomic E-state index is 0.000356. The molecule has 1 N–H and O–H groups in total. The Bertz CT molecular complexity index is 543. The molecule has 4 atom stereocenters. The maximum atomic E-state index is 10.7. The van der Waals surface area contributed by atoms with Crippen molar-refractivity contribution in [1.82, 2.24) is 0 Å². The molecule has 3 fully saturated rings. The highest BCUT2D eigenvalue weighted by Crippen LogP contribution is 2.69. The molecular formula is C21H34O3. The molecule has 3 aliphatic carbocycles. The number of allylic oxidation sites excluding steroid dienone is 1. The molecule has 3 heteroatoms. The second kappa shape index (κ2) is 5.31. The largest absolute Gasteiger partial charge is 0.393 e. The van der Waals surface area contributed by atoms with Crippen LogP contribution in [0.5, 0.6) is 0 Å². The molecule has 2 saturated carbocycles. The summed E-state index contributed by atoms with van der Waals surface area (Å²) >= 11 is 0. The highest BCUT2D eigenvalue weighted by molar-refractivity contribution is 5.33. The van der Waals surface area contributed by atoms with E-state index in [-0.39, 0.29) is 22.3 Å². The SMILES string of the molecule is CC(O)[C@]12CCCC=C1[C@@]1(C)CCC3(OCCO3)C(C)(C)[C@@H]1CC2. The van der Waals surface area contributed by atoms with Crippen molar-refractivity contribution in [3.63, 3.8) is 0 Å². The summed E-state index contributed by atoms with van der Waals surface area (Å²) in [5.74, 6) is 0.158. The number of aliphatic hydroxyl groups is 1. The molecular weight excluding hydrogens is 300 g/mol. The van der Waals surface area contributed by atoms with Crippen molar-refractivity contribution >= 4 is 0 Å². The van der Waals surface area contributed by atoms with Crippen molar-refractivity contribution in [2.24, 2.45) is 22.2 Å². The van der Waals surface area contributed by atoms with Crippen LogP contribution < -0.4 is 0 Å². The molecule has 136 valence electrons. The van der Waals surface area contributed by atoms with Gasteiger partial charge in [-0.15, -0.1) is 0 Å². The summed E-state index contributed by atoms with van der Waals surface area (Å²) in [7, 11) is 0. The van der Waals surface area contributed by atoms with E-state index in [9.17, 15) is 5.11 Å². The highest BCUT2D eigenvalue weighted by Gasteiger charge is 2.66. The Morgan fingerprint density at radius 1 is 1.08 bits per heavy atom. The molecule has 0 aromatic rings. The van der Waals surface area contributed by atoms with Gasteiger partial charge in [0.15, 0.2) is 5.79 Å². The fraction of sp³-hybridized carbons (Fsp3) is 0.905. The molecule has 0 radical (unpaired) electrons. The van der Waals surface area contributed by atoms with Crippen LogP contribution in [-0.4, -0.2) is 30.2 Å². The third-order valence-electron chi connectivity index (χ3n) is 8.36. The van der Waals surface area contributed by atoms with Crippen LogP contribution in [0.3, 0.4) is 0 Å². The maximum Gasteiger partial charge on any atom is 0.173 e. The zero-order chi connectivity index (χ0) is 17.2. The van der Waals surface area contributed by atoms with Crippen LogP contribution in [0.1, 0.15) is 72.6 Å². The number of hydrogen-bond donors (Lipinski definition) is 1. The van der Waals surface area contributed by atoms with E-state index in [0.717, 1.165) is 38.9 Å². The minimum atomic E-state index is -0.392. The van der Waals surface area contributed by atoms with E-state index < -0.39 is 5.79 Å². The summed E-state index contributed by atoms with van der Waals surface area (Å²) < 4.78 is 12.4. The van der Waals surface area contributed by atoms with Gasteiger partial charge in [0.1, 0.15) is 0 Å². The number of hydrogen-bond acceptors (Lipinski definition) is 3. The molecule has 0 aromatic carbocycles. The van der Waals surface area contributed by atoms with Crippen LogP contribution in [0.4, 0.5) is 0 Å². The Morgan fingerprint density at radius 2 is 1.79 bits per heavy atom. The highest BCUT2D eigenvalue weighted by atomic mass is 16.7. The summed E-state index contributed by atoms with van der Waals surface area (Å²) in [6.07, 6.45) is 10.1. The van der Waals surface area contributed by atoms with Crippen molar-refractivity contribution < 1.29 is 14.6 Å². The van der Waals surface area contributed by atoms with E-state index in [1.165, 1.54) is 19.3 Å². The Kier molecular flexibility index (Phi) is 3.77. The topological polar surface area (TPSA) is 38.7 Å². The maximum absolute atomic E-state index is 10.7. The van der Waals surface area contributed by atoms with Gasteiger partial charge in [-0.25, -0.2) is 0 Å². The lowest BCUT2D eigenvalue weighted by Crippen LogP contribution is -2.62. The van der Waals surface area contributed by atoms with Crippen LogP contribution in [0.2, 0.25) is 0 Å². The molecule has 4 rings (SSSR count). The van der Waals surface area contributed by atoms with Crippen molar-refractivity contribution in [2.75, 3.05) is 13.2 Å². The summed E-state index contributed by atoms with van der Waals surface area (Å²) in [6.45, 7) is 10.7. The van der Waals surface area contributed by atoms with E-state index in [2.05, 4.69) is 26.8 Å². The predicted molar refractivity (Wildman–Crippen MR) is 94.5 cm³/mol. The van der Waals surface area contributed by atoms with Gasteiger partial charge in [0.2, 0.25) is 0 Å². The molecule has 1 heterocycles. The smallest absolute Gasteiger partial charge is 0.173 e. The average Bonchev–Trinajstić information content (AvgIpc) is 3.02. The Labute approximate surface area is 146 Å². The molecule has 0 aromatic heterocycles. The molecule has 0 amide bonds. The summed E-state index contributed by atoms with van der Waals surface area (Å²) in [4.78, 5) is 0. The number of ether oxygens (including phenoxy) is 2. The Morgan fingerprint density at radius 3 is 2.46 bits per heavy atom. The zero-order valence-corrected chi connectivity index (χ0v) is 15.9. The van der Waals surface area contributed by atoms with E-state index in [1.807, 2.05) is 6.92 Å². The lowest BCUT2D eigenvalue weighted by atomic mass is 9.42. The second-order valence-electron chi connectivity index (χ2n) is 9.52. The van der Waals surface area contributed by atoms with Gasteiger partial charge in [-0.05, 0) is 56.8 Å². The van der Waals surface area contributed by atoms with Gasteiger partial charge < -0.3 is 14.6 Å². The first-order valence-electron chi connectivity index (χ1n) is 9.96. The Hall–Kier alpha value is -0.380. The standard InChI is InChI=1S/C21H34O3/c1-15(22)20-9-6-5-7-17(20)19(4)11-12-21(23-13-14-24-21)18(2,3)16(19)8-10-20/h7,15-16,22H,5-6,8-14H2,1-4H3/t15?,16-,19-,20+/m0/s1. The molecule has 24 heavy (non-hydrogen) atoms. The monoisotopic (exact) mass is 334 g/mol. The van der Waals surface area contributed by atoms with Gasteiger partial charge in [-0.1, -0.05) is 32.4 Å². The average molecular weight is 335 g/mol. The fourth-order valence-corrected chi connectivity index (χ4v) is 7.06. The number of rotatable bonds is 1. The summed E-state index contributed by atoms with van der Waals surface area (Å²) in [6, 6.07) is 0. The molecule has 1 saturated heterocycles. The van der Waals surface area contributed by atoms with Gasteiger partial charge in [0, 0.05) is 17.3 Å². The van der Waals surface area contributed by atoms with Crippen LogP contribution in [-0.2, 0) is 9.47 Å². The third-order valence-corrected chi connectivity index (χ3v) is 8.36. The molecule has 0 bridgehead atoms. The molecule has 1 spiro atoms. The fourth-order valence-electron chi connectivity index (χ4n) is 7.06. The summed E-state index contributed by atoms with van der Waals surface area (Å²) in [5, 5.41) is 10.7. The van der Waals surface area contributed by atoms with E-state index in [0.29, 0.717) is 5.92 Å². The van der Waals surface area contributed by atoms with Crippen LogP contribution in [0.25, 0.3) is 0 Å². The van der Waals surface area contributed by atoms with Crippen LogP contribution in [0, 0.1) is 22.2 Å². The first kappa shape index (κ1) is 17.1. The molecule has 1 unspecified atom stereocenters. The normalized spacial score (nSPS) is 44.5. The lowest BCUT2D eigenvalue weighted by Gasteiger charge is -2.65. The van der Waals surface area contributed by atoms with Crippen molar-refractivity contribution in [1.29, 1.82) is 0 Å². The van der Waals surface area contributed by atoms with E-state index in [4.69, 9.17) is 9.47 Å².